The molecule has 1 N–H and O–H groups in total. The number of hydrogen-bond acceptors (Lipinski definition) is 4. The SMILES string of the molecule is OC1(Cc2cccnc2)CCN(c2cnc(C(F)(F)F)c(Cl)c2)CC1. The van der Waals surface area contributed by atoms with Crippen molar-refractivity contribution in [1.29, 1.82) is 0 Å². The third kappa shape index (κ3) is 4.22. The van der Waals surface area contributed by atoms with Gasteiger partial charge in [0.15, 0.2) is 5.69 Å². The minimum absolute atomic E-state index is 0.416. The highest BCUT2D eigenvalue weighted by Gasteiger charge is 2.36. The lowest BCUT2D eigenvalue weighted by atomic mass is 9.85. The molecule has 1 aliphatic heterocycles. The van der Waals surface area contributed by atoms with Gasteiger partial charge in [-0.05, 0) is 30.5 Å². The van der Waals surface area contributed by atoms with Crippen molar-refractivity contribution in [2.45, 2.75) is 31.0 Å². The van der Waals surface area contributed by atoms with Crippen molar-refractivity contribution in [1.82, 2.24) is 9.97 Å². The first-order chi connectivity index (χ1) is 11.8. The molecule has 4 nitrogen and oxygen atoms in total. The number of rotatable bonds is 3. The number of anilines is 1. The average Bonchev–Trinajstić information content (AvgIpc) is 2.55. The maximum absolute atomic E-state index is 12.7. The second-order valence-electron chi connectivity index (χ2n) is 6.27. The molecule has 0 bridgehead atoms. The maximum Gasteiger partial charge on any atom is 0.434 e. The van der Waals surface area contributed by atoms with Crippen LogP contribution in [-0.4, -0.2) is 33.8 Å². The third-order valence-corrected chi connectivity index (χ3v) is 4.70. The molecule has 2 aromatic rings. The van der Waals surface area contributed by atoms with Crippen LogP contribution in [0, 0.1) is 0 Å². The molecule has 0 amide bonds. The topological polar surface area (TPSA) is 49.3 Å². The zero-order valence-electron chi connectivity index (χ0n) is 13.3. The van der Waals surface area contributed by atoms with Gasteiger partial charge in [-0.3, -0.25) is 4.98 Å². The maximum atomic E-state index is 12.7. The normalized spacial score (nSPS) is 17.6. The summed E-state index contributed by atoms with van der Waals surface area (Å²) in [7, 11) is 0. The first kappa shape index (κ1) is 17.9. The molecule has 25 heavy (non-hydrogen) atoms. The van der Waals surface area contributed by atoms with Gasteiger partial charge in [0.05, 0.1) is 22.5 Å². The Morgan fingerprint density at radius 1 is 1.24 bits per heavy atom. The van der Waals surface area contributed by atoms with Gasteiger partial charge in [-0.15, -0.1) is 0 Å². The van der Waals surface area contributed by atoms with Gasteiger partial charge in [0.1, 0.15) is 0 Å². The Labute approximate surface area is 148 Å². The molecule has 134 valence electrons. The van der Waals surface area contributed by atoms with E-state index in [1.807, 2.05) is 17.0 Å². The summed E-state index contributed by atoms with van der Waals surface area (Å²) in [6, 6.07) is 5.02. The highest BCUT2D eigenvalue weighted by Crippen LogP contribution is 2.36. The first-order valence-electron chi connectivity index (χ1n) is 7.86. The molecule has 3 rings (SSSR count). The molecule has 0 saturated carbocycles. The van der Waals surface area contributed by atoms with Gasteiger partial charge in [-0.1, -0.05) is 17.7 Å². The van der Waals surface area contributed by atoms with Crippen molar-refractivity contribution in [2.24, 2.45) is 0 Å². The number of halogens is 4. The van der Waals surface area contributed by atoms with E-state index in [1.54, 1.807) is 12.4 Å². The van der Waals surface area contributed by atoms with Gasteiger partial charge in [-0.25, -0.2) is 4.98 Å². The molecule has 1 saturated heterocycles. The minimum atomic E-state index is -4.57. The fraction of sp³-hybridized carbons (Fsp3) is 0.412. The molecule has 0 aromatic carbocycles. The molecular weight excluding hydrogens is 355 g/mol. The second-order valence-corrected chi connectivity index (χ2v) is 6.68. The van der Waals surface area contributed by atoms with E-state index in [-0.39, 0.29) is 0 Å². The van der Waals surface area contributed by atoms with Gasteiger partial charge in [0, 0.05) is 31.9 Å². The highest BCUT2D eigenvalue weighted by atomic mass is 35.5. The van der Waals surface area contributed by atoms with E-state index in [9.17, 15) is 18.3 Å². The van der Waals surface area contributed by atoms with E-state index in [4.69, 9.17) is 11.6 Å². The lowest BCUT2D eigenvalue weighted by Gasteiger charge is -2.39. The summed E-state index contributed by atoms with van der Waals surface area (Å²) < 4.78 is 38.2. The van der Waals surface area contributed by atoms with Crippen LogP contribution in [0.25, 0.3) is 0 Å². The summed E-state index contributed by atoms with van der Waals surface area (Å²) in [4.78, 5) is 9.39. The first-order valence-corrected chi connectivity index (χ1v) is 8.24. The van der Waals surface area contributed by atoms with Crippen LogP contribution >= 0.6 is 11.6 Å². The van der Waals surface area contributed by atoms with Crippen LogP contribution in [0.3, 0.4) is 0 Å². The van der Waals surface area contributed by atoms with Crippen LogP contribution in [-0.2, 0) is 12.6 Å². The summed E-state index contributed by atoms with van der Waals surface area (Å²) in [5.74, 6) is 0. The molecule has 8 heteroatoms. The molecule has 0 atom stereocenters. The summed E-state index contributed by atoms with van der Waals surface area (Å²) in [5, 5.41) is 10.3. The third-order valence-electron chi connectivity index (χ3n) is 4.41. The van der Waals surface area contributed by atoms with Gasteiger partial charge in [0.2, 0.25) is 0 Å². The molecule has 1 fully saturated rings. The van der Waals surface area contributed by atoms with E-state index in [2.05, 4.69) is 9.97 Å². The van der Waals surface area contributed by atoms with Crippen molar-refractivity contribution in [3.05, 3.63) is 53.1 Å². The molecule has 0 aliphatic carbocycles. The van der Waals surface area contributed by atoms with Crippen molar-refractivity contribution < 1.29 is 18.3 Å². The largest absolute Gasteiger partial charge is 0.434 e. The Morgan fingerprint density at radius 2 is 1.96 bits per heavy atom. The lowest BCUT2D eigenvalue weighted by Crippen LogP contribution is -2.45. The number of nitrogens with zero attached hydrogens (tertiary/aromatic N) is 3. The Hall–Kier alpha value is -1.86. The predicted octanol–water partition coefficient (Wildman–Crippen LogP) is 3.72. The number of pyridine rings is 2. The number of alkyl halides is 3. The molecule has 3 heterocycles. The molecule has 1 aliphatic rings. The van der Waals surface area contributed by atoms with E-state index >= 15 is 0 Å². The fourth-order valence-electron chi connectivity index (χ4n) is 3.05. The molecule has 0 radical (unpaired) electrons. The Balaban J connectivity index is 1.67. The predicted molar refractivity (Wildman–Crippen MR) is 88.6 cm³/mol. The summed E-state index contributed by atoms with van der Waals surface area (Å²) in [5.41, 5.74) is -0.440. The van der Waals surface area contributed by atoms with Crippen molar-refractivity contribution in [2.75, 3.05) is 18.0 Å². The molecular formula is C17H17ClF3N3O. The zero-order chi connectivity index (χ0) is 18.1. The van der Waals surface area contributed by atoms with Crippen molar-refractivity contribution >= 4 is 17.3 Å². The second kappa shape index (κ2) is 6.80. The standard InChI is InChI=1S/C17H17ClF3N3O/c18-14-8-13(11-23-15(14)17(19,20)21)24-6-3-16(25,4-7-24)9-12-2-1-5-22-10-12/h1-2,5,8,10-11,25H,3-4,6-7,9H2. The Morgan fingerprint density at radius 3 is 2.52 bits per heavy atom. The number of hydrogen-bond donors (Lipinski definition) is 1. The highest BCUT2D eigenvalue weighted by molar-refractivity contribution is 6.31. The zero-order valence-corrected chi connectivity index (χ0v) is 14.1. The fourth-order valence-corrected chi connectivity index (χ4v) is 3.32. The Kier molecular flexibility index (Phi) is 4.88. The smallest absolute Gasteiger partial charge is 0.389 e. The summed E-state index contributed by atoms with van der Waals surface area (Å²) >= 11 is 5.73. The van der Waals surface area contributed by atoms with Crippen LogP contribution in [0.1, 0.15) is 24.1 Å². The van der Waals surface area contributed by atoms with Gasteiger partial charge >= 0.3 is 6.18 Å². The molecule has 0 unspecified atom stereocenters. The molecule has 0 spiro atoms. The van der Waals surface area contributed by atoms with E-state index in [0.29, 0.717) is 38.0 Å². The summed E-state index contributed by atoms with van der Waals surface area (Å²) in [6.07, 6.45) is 1.52. The molecule has 2 aromatic heterocycles. The van der Waals surface area contributed by atoms with Gasteiger partial charge in [-0.2, -0.15) is 13.2 Å². The van der Waals surface area contributed by atoms with Crippen LogP contribution in [0.5, 0.6) is 0 Å². The lowest BCUT2D eigenvalue weighted by molar-refractivity contribution is -0.141. The van der Waals surface area contributed by atoms with Crippen LogP contribution in [0.2, 0.25) is 5.02 Å². The van der Waals surface area contributed by atoms with Crippen LogP contribution in [0.15, 0.2) is 36.8 Å². The van der Waals surface area contributed by atoms with E-state index in [1.165, 1.54) is 12.3 Å². The van der Waals surface area contributed by atoms with E-state index < -0.39 is 22.5 Å². The van der Waals surface area contributed by atoms with Crippen LogP contribution in [0.4, 0.5) is 18.9 Å². The number of aromatic nitrogens is 2. The summed E-state index contributed by atoms with van der Waals surface area (Å²) in [6.45, 7) is 1.03. The van der Waals surface area contributed by atoms with Gasteiger partial charge < -0.3 is 10.0 Å². The number of piperidine rings is 1. The van der Waals surface area contributed by atoms with Crippen LogP contribution < -0.4 is 4.90 Å². The monoisotopic (exact) mass is 371 g/mol. The quantitative estimate of drug-likeness (QED) is 0.893. The number of aliphatic hydroxyl groups is 1. The van der Waals surface area contributed by atoms with Crippen molar-refractivity contribution in [3.8, 4) is 0 Å². The van der Waals surface area contributed by atoms with Crippen molar-refractivity contribution in [3.63, 3.8) is 0 Å². The Bertz CT molecular complexity index is 732. The minimum Gasteiger partial charge on any atom is -0.389 e. The van der Waals surface area contributed by atoms with E-state index in [0.717, 1.165) is 5.56 Å². The average molecular weight is 372 g/mol. The van der Waals surface area contributed by atoms with Gasteiger partial charge in [0.25, 0.3) is 0 Å².